The Morgan fingerprint density at radius 2 is 1.29 bits per heavy atom. The minimum absolute atomic E-state index is 0. The molecule has 0 fully saturated rings. The third kappa shape index (κ3) is 10.8. The van der Waals surface area contributed by atoms with Crippen LogP contribution in [-0.2, 0) is 38.5 Å². The largest absolute Gasteiger partial charge is 1.00 e. The van der Waals surface area contributed by atoms with Gasteiger partial charge in [-0.25, -0.2) is 8.42 Å². The average molecular weight is 280 g/mol. The summed E-state index contributed by atoms with van der Waals surface area (Å²) in [6.07, 6.45) is 0. The van der Waals surface area contributed by atoms with Gasteiger partial charge >= 0.3 is 50.4 Å². The summed E-state index contributed by atoms with van der Waals surface area (Å²) < 4.78 is 81.5. The van der Waals surface area contributed by atoms with Crippen molar-refractivity contribution >= 4 is 31.2 Å². The maximum Gasteiger partial charge on any atom is 1.00 e. The van der Waals surface area contributed by atoms with Crippen molar-refractivity contribution in [1.82, 2.24) is 0 Å². The van der Waals surface area contributed by atoms with E-state index in [1.165, 1.54) is 0 Å². The molecule has 0 heterocycles. The van der Waals surface area contributed by atoms with Crippen LogP contribution >= 0.6 is 0 Å². The van der Waals surface area contributed by atoms with Gasteiger partial charge < -0.3 is 4.55 Å². The molecule has 0 spiro atoms. The Morgan fingerprint density at radius 3 is 1.50 bits per heavy atom. The monoisotopic (exact) mass is 280 g/mol. The molecule has 0 radical (unpaired) electrons. The Hall–Kier alpha value is 0.690. The van der Waals surface area contributed by atoms with E-state index >= 15 is 0 Å². The van der Waals surface area contributed by atoms with Crippen LogP contribution < -0.4 is 29.6 Å². The van der Waals surface area contributed by atoms with Crippen LogP contribution in [0.1, 0.15) is 0 Å². The van der Waals surface area contributed by atoms with E-state index in [9.17, 15) is 29.8 Å². The van der Waals surface area contributed by atoms with Gasteiger partial charge in [0, 0.05) is 0 Å². The topological polar surface area (TPSA) is 164 Å². The summed E-state index contributed by atoms with van der Waals surface area (Å²) in [6, 6.07) is 0. The minimum Gasteiger partial charge on any atom is -0.725 e. The zero-order chi connectivity index (χ0) is 10.9. The maximum absolute atomic E-state index is 10.1. The first kappa shape index (κ1) is 17.1. The fourth-order valence-electron chi connectivity index (χ4n) is 0.219. The summed E-state index contributed by atoms with van der Waals surface area (Å²) in [7, 11) is -16.8. The predicted octanol–water partition coefficient (Wildman–Crippen LogP) is -5.47. The zero-order valence-corrected chi connectivity index (χ0v) is 10.8. The summed E-state index contributed by atoms with van der Waals surface area (Å²) in [4.78, 5) is 0. The van der Waals surface area contributed by atoms with Crippen LogP contribution in [0.4, 0.5) is 0 Å². The molecule has 0 saturated heterocycles. The molecular formula is HNaO10S3. The third-order valence-electron chi connectivity index (χ3n) is 0.336. The van der Waals surface area contributed by atoms with Gasteiger partial charge in [-0.1, -0.05) is 3.63 Å². The summed E-state index contributed by atoms with van der Waals surface area (Å²) in [5, 5.41) is 0. The second kappa shape index (κ2) is 5.15. The average Bonchev–Trinajstić information content (AvgIpc) is 1.43. The van der Waals surface area contributed by atoms with Crippen molar-refractivity contribution in [2.45, 2.75) is 0 Å². The van der Waals surface area contributed by atoms with E-state index in [0.717, 1.165) is 0 Å². The van der Waals surface area contributed by atoms with Gasteiger partial charge in [-0.15, -0.1) is 3.63 Å². The summed E-state index contributed by atoms with van der Waals surface area (Å²) in [6.45, 7) is 0. The zero-order valence-electron chi connectivity index (χ0n) is 6.35. The Labute approximate surface area is 102 Å². The molecule has 0 aliphatic carbocycles. The van der Waals surface area contributed by atoms with Gasteiger partial charge in [-0.05, 0) is 0 Å². The van der Waals surface area contributed by atoms with Crippen LogP contribution in [0.25, 0.3) is 0 Å². The summed E-state index contributed by atoms with van der Waals surface area (Å²) in [5.74, 6) is 0. The standard InChI is InChI=1S/Na.H2O10S3/c;1-11(2,3)9-13(7,8)10-12(4,5)6/h;(H,1,2,3)(H,4,5,6)/q+1;/p-1. The molecule has 0 bridgehead atoms. The molecule has 0 rings (SSSR count). The van der Waals surface area contributed by atoms with Crippen LogP contribution in [0, 0.1) is 0 Å². The Morgan fingerprint density at radius 1 is 0.929 bits per heavy atom. The molecular weight excluding hydrogens is 279 g/mol. The SMILES string of the molecule is O=S(=O)([O-])OS(=O)(=O)OS(=O)(=O)O.[Na+]. The molecule has 14 heteroatoms. The molecule has 0 aromatic rings. The van der Waals surface area contributed by atoms with Crippen molar-refractivity contribution in [2.75, 3.05) is 0 Å². The minimum atomic E-state index is -5.69. The molecule has 14 heavy (non-hydrogen) atoms. The Kier molecular flexibility index (Phi) is 6.29. The van der Waals surface area contributed by atoms with Crippen LogP contribution in [0.5, 0.6) is 0 Å². The first-order valence-corrected chi connectivity index (χ1v) is 6.05. The second-order valence-corrected chi connectivity index (χ2v) is 4.96. The Bertz CT molecular complexity index is 419. The van der Waals surface area contributed by atoms with Gasteiger partial charge in [0.05, 0.1) is 0 Å². The number of rotatable bonds is 4. The number of hydrogen-bond acceptors (Lipinski definition) is 9. The molecule has 0 atom stereocenters. The van der Waals surface area contributed by atoms with Crippen molar-refractivity contribution in [3.8, 4) is 0 Å². The van der Waals surface area contributed by atoms with Crippen LogP contribution in [0.2, 0.25) is 0 Å². The quantitative estimate of drug-likeness (QED) is 0.298. The molecule has 0 saturated carbocycles. The first-order chi connectivity index (χ1) is 5.41. The van der Waals surface area contributed by atoms with Crippen LogP contribution in [0.15, 0.2) is 0 Å². The van der Waals surface area contributed by atoms with Gasteiger partial charge in [0.2, 0.25) is 10.4 Å². The van der Waals surface area contributed by atoms with E-state index in [2.05, 4.69) is 7.26 Å². The van der Waals surface area contributed by atoms with Crippen molar-refractivity contribution in [3.63, 3.8) is 0 Å². The predicted molar refractivity (Wildman–Crippen MR) is 32.3 cm³/mol. The third-order valence-corrected chi connectivity index (χ3v) is 3.02. The van der Waals surface area contributed by atoms with E-state index in [1.807, 2.05) is 0 Å². The summed E-state index contributed by atoms with van der Waals surface area (Å²) >= 11 is 0. The molecule has 0 aliphatic heterocycles. The Balaban J connectivity index is 0. The number of hydrogen-bond donors (Lipinski definition) is 1. The normalized spacial score (nSPS) is 13.3. The maximum atomic E-state index is 10.1. The van der Waals surface area contributed by atoms with Gasteiger partial charge in [0.1, 0.15) is 0 Å². The van der Waals surface area contributed by atoms with Crippen molar-refractivity contribution < 1.29 is 71.2 Å². The smallest absolute Gasteiger partial charge is 0.725 e. The van der Waals surface area contributed by atoms with E-state index in [4.69, 9.17) is 4.55 Å². The molecule has 1 N–H and O–H groups in total. The molecule has 80 valence electrons. The molecule has 0 amide bonds. The van der Waals surface area contributed by atoms with E-state index in [1.54, 1.807) is 0 Å². The molecule has 0 aromatic heterocycles. The summed E-state index contributed by atoms with van der Waals surface area (Å²) in [5.41, 5.74) is 0. The van der Waals surface area contributed by atoms with Gasteiger partial charge in [0.15, 0.2) is 0 Å². The molecule has 0 aliphatic rings. The van der Waals surface area contributed by atoms with Gasteiger partial charge in [0.25, 0.3) is 0 Å². The first-order valence-electron chi connectivity index (χ1n) is 2.02. The van der Waals surface area contributed by atoms with Gasteiger partial charge in [-0.3, -0.25) is 4.55 Å². The van der Waals surface area contributed by atoms with Crippen LogP contribution in [-0.4, -0.2) is 34.4 Å². The van der Waals surface area contributed by atoms with Crippen molar-refractivity contribution in [1.29, 1.82) is 0 Å². The fourth-order valence-corrected chi connectivity index (χ4v) is 2.17. The van der Waals surface area contributed by atoms with E-state index in [-0.39, 0.29) is 29.6 Å². The molecule has 0 aromatic carbocycles. The fraction of sp³-hybridized carbons (Fsp3) is 0. The van der Waals surface area contributed by atoms with Crippen molar-refractivity contribution in [3.05, 3.63) is 0 Å². The van der Waals surface area contributed by atoms with Crippen LogP contribution in [0.3, 0.4) is 0 Å². The molecule has 10 nitrogen and oxygen atoms in total. The van der Waals surface area contributed by atoms with E-state index < -0.39 is 31.2 Å². The second-order valence-electron chi connectivity index (χ2n) is 1.38. The van der Waals surface area contributed by atoms with E-state index in [0.29, 0.717) is 0 Å². The van der Waals surface area contributed by atoms with Gasteiger partial charge in [-0.2, -0.15) is 16.8 Å². The van der Waals surface area contributed by atoms with Crippen molar-refractivity contribution in [2.24, 2.45) is 0 Å². The molecule has 0 unspecified atom stereocenters.